The molecule has 4 heterocycles. The van der Waals surface area contributed by atoms with Crippen LogP contribution in [0.15, 0.2) is 35.6 Å². The Morgan fingerprint density at radius 3 is 2.58 bits per heavy atom. The normalized spacial score (nSPS) is 21.0. The minimum atomic E-state index is 0.00532. The van der Waals surface area contributed by atoms with Gasteiger partial charge in [0.2, 0.25) is 5.96 Å². The molecule has 9 heteroatoms. The van der Waals surface area contributed by atoms with Crippen molar-refractivity contribution in [3.63, 3.8) is 0 Å². The lowest BCUT2D eigenvalue weighted by molar-refractivity contribution is 0.0367. The van der Waals surface area contributed by atoms with E-state index in [-0.39, 0.29) is 17.1 Å². The van der Waals surface area contributed by atoms with Crippen molar-refractivity contribution in [2.45, 2.75) is 77.5 Å². The van der Waals surface area contributed by atoms with Crippen molar-refractivity contribution >= 4 is 17.5 Å². The summed E-state index contributed by atoms with van der Waals surface area (Å²) in [5.74, 6) is 0.891. The van der Waals surface area contributed by atoms with E-state index < -0.39 is 0 Å². The van der Waals surface area contributed by atoms with Gasteiger partial charge in [-0.3, -0.25) is 15.3 Å². The van der Waals surface area contributed by atoms with Gasteiger partial charge in [-0.05, 0) is 71.6 Å². The number of pyridine rings is 1. The first kappa shape index (κ1) is 27.0. The molecule has 0 bridgehead atoms. The van der Waals surface area contributed by atoms with Crippen molar-refractivity contribution < 1.29 is 4.74 Å². The van der Waals surface area contributed by atoms with Crippen LogP contribution in [0.5, 0.6) is 0 Å². The van der Waals surface area contributed by atoms with Gasteiger partial charge in [0.15, 0.2) is 0 Å². The monoisotopic (exact) mass is 513 g/mol. The number of hydrogen-bond acceptors (Lipinski definition) is 7. The number of piperidine rings is 1. The topological polar surface area (TPSA) is 81.8 Å². The fourth-order valence-corrected chi connectivity index (χ4v) is 6.52. The molecule has 0 spiro atoms. The molecule has 0 saturated carbocycles. The van der Waals surface area contributed by atoms with E-state index in [0.29, 0.717) is 5.49 Å². The van der Waals surface area contributed by atoms with E-state index in [1.54, 1.807) is 11.5 Å². The number of ether oxygens (including phenoxy) is 1. The number of aromatic nitrogens is 2. The smallest absolute Gasteiger partial charge is 0.217 e. The summed E-state index contributed by atoms with van der Waals surface area (Å²) < 4.78 is 7.55. The third-order valence-corrected chi connectivity index (χ3v) is 7.78. The molecule has 2 aliphatic heterocycles. The molecule has 0 radical (unpaired) electrons. The highest BCUT2D eigenvalue weighted by Gasteiger charge is 2.38. The molecule has 2 aliphatic rings. The summed E-state index contributed by atoms with van der Waals surface area (Å²) in [7, 11) is 0. The van der Waals surface area contributed by atoms with E-state index in [1.807, 2.05) is 28.5 Å². The molecule has 198 valence electrons. The highest BCUT2D eigenvalue weighted by molar-refractivity contribution is 7.07. The molecule has 2 aromatic rings. The molecule has 36 heavy (non-hydrogen) atoms. The second-order valence-electron chi connectivity index (χ2n) is 11.5. The molecule has 2 aromatic heterocycles. The van der Waals surface area contributed by atoms with Crippen LogP contribution in [0.2, 0.25) is 0 Å². The van der Waals surface area contributed by atoms with Crippen molar-refractivity contribution in [2.75, 3.05) is 39.4 Å². The van der Waals surface area contributed by atoms with E-state index in [4.69, 9.17) is 15.1 Å². The maximum Gasteiger partial charge on any atom is 0.217 e. The predicted molar refractivity (Wildman–Crippen MR) is 147 cm³/mol. The van der Waals surface area contributed by atoms with Gasteiger partial charge in [0.25, 0.3) is 0 Å². The van der Waals surface area contributed by atoms with Crippen LogP contribution in [0.4, 0.5) is 0 Å². The molecule has 2 saturated heterocycles. The molecule has 0 aromatic carbocycles. The van der Waals surface area contributed by atoms with Crippen LogP contribution < -0.4 is 10.8 Å². The van der Waals surface area contributed by atoms with Crippen molar-refractivity contribution in [2.24, 2.45) is 4.99 Å². The first-order chi connectivity index (χ1) is 17.1. The Morgan fingerprint density at radius 1 is 1.25 bits per heavy atom. The summed E-state index contributed by atoms with van der Waals surface area (Å²) in [6.45, 7) is 17.4. The third kappa shape index (κ3) is 7.47. The number of morpholine rings is 1. The van der Waals surface area contributed by atoms with Gasteiger partial charge in [0.1, 0.15) is 5.49 Å². The number of aliphatic imine (C=N–C) groups is 1. The average molecular weight is 514 g/mol. The first-order valence-corrected chi connectivity index (χ1v) is 13.9. The second-order valence-corrected chi connectivity index (χ2v) is 12.7. The van der Waals surface area contributed by atoms with Gasteiger partial charge >= 0.3 is 0 Å². The molecule has 0 unspecified atom stereocenters. The Morgan fingerprint density at radius 2 is 1.97 bits per heavy atom. The van der Waals surface area contributed by atoms with Crippen LogP contribution >= 0.6 is 11.5 Å². The van der Waals surface area contributed by atoms with Crippen LogP contribution in [0.25, 0.3) is 0 Å². The second kappa shape index (κ2) is 11.5. The summed E-state index contributed by atoms with van der Waals surface area (Å²) in [4.78, 5) is 15.8. The summed E-state index contributed by atoms with van der Waals surface area (Å²) >= 11 is 1.61. The zero-order chi connectivity index (χ0) is 25.8. The largest absolute Gasteiger partial charge is 0.379 e. The molecular weight excluding hydrogens is 470 g/mol. The number of rotatable bonds is 7. The maximum atomic E-state index is 8.72. The van der Waals surface area contributed by atoms with Gasteiger partial charge < -0.3 is 15.0 Å². The fraction of sp³-hybridized carbons (Fsp3) is 0.667. The van der Waals surface area contributed by atoms with E-state index >= 15 is 0 Å². The molecule has 2 N–H and O–H groups in total. The summed E-state index contributed by atoms with van der Waals surface area (Å²) in [6.07, 6.45) is 6.72. The van der Waals surface area contributed by atoms with Crippen LogP contribution in [-0.2, 0) is 11.3 Å². The molecule has 8 nitrogen and oxygen atoms in total. The fourth-order valence-electron chi connectivity index (χ4n) is 5.68. The standard InChI is InChI=1S/C27H43N7OS/c1-21-16-24(28)34(36-21)25(30-23-17-26(2,3)31-27(4,5)18-23)33(20-22-8-6-9-29-19-22)11-7-10-32-12-14-35-15-13-32/h6,8-9,16,19,23,28,31H,7,10-15,17-18,20H2,1-5H3. The Kier molecular flexibility index (Phi) is 8.65. The average Bonchev–Trinajstić information content (AvgIpc) is 3.14. The number of nitrogens with zero attached hydrogens (tertiary/aromatic N) is 5. The highest BCUT2D eigenvalue weighted by atomic mass is 32.1. The lowest BCUT2D eigenvalue weighted by atomic mass is 9.80. The minimum Gasteiger partial charge on any atom is -0.379 e. The van der Waals surface area contributed by atoms with Gasteiger partial charge in [-0.2, -0.15) is 0 Å². The van der Waals surface area contributed by atoms with Gasteiger partial charge in [0.05, 0.1) is 19.3 Å². The zero-order valence-corrected chi connectivity index (χ0v) is 23.4. The van der Waals surface area contributed by atoms with Gasteiger partial charge in [0, 0.05) is 61.1 Å². The van der Waals surface area contributed by atoms with E-state index in [1.165, 1.54) is 0 Å². The van der Waals surface area contributed by atoms with Crippen molar-refractivity contribution in [1.29, 1.82) is 5.41 Å². The van der Waals surface area contributed by atoms with Gasteiger partial charge in [-0.15, -0.1) is 0 Å². The van der Waals surface area contributed by atoms with Crippen LogP contribution in [0.1, 0.15) is 57.4 Å². The van der Waals surface area contributed by atoms with Crippen molar-refractivity contribution in [1.82, 2.24) is 24.1 Å². The maximum absolute atomic E-state index is 8.72. The Bertz CT molecular complexity index is 1050. The Hall–Kier alpha value is -2.07. The lowest BCUT2D eigenvalue weighted by Crippen LogP contribution is -2.59. The number of nitrogens with one attached hydrogen (secondary N) is 2. The van der Waals surface area contributed by atoms with Crippen LogP contribution in [-0.4, -0.2) is 81.2 Å². The highest BCUT2D eigenvalue weighted by Crippen LogP contribution is 2.31. The first-order valence-electron chi connectivity index (χ1n) is 13.2. The summed E-state index contributed by atoms with van der Waals surface area (Å²) in [5.41, 5.74) is 1.66. The zero-order valence-electron chi connectivity index (χ0n) is 22.6. The number of hydrogen-bond donors (Lipinski definition) is 2. The molecule has 0 atom stereocenters. The molecular formula is C27H43N7OS. The molecule has 2 fully saturated rings. The molecule has 0 aliphatic carbocycles. The number of aryl methyl sites for hydroxylation is 1. The van der Waals surface area contributed by atoms with E-state index in [2.05, 4.69) is 60.8 Å². The van der Waals surface area contributed by atoms with Crippen molar-refractivity contribution in [3.05, 3.63) is 46.5 Å². The summed E-state index contributed by atoms with van der Waals surface area (Å²) in [6, 6.07) is 6.24. The quantitative estimate of drug-likeness (QED) is 0.438. The third-order valence-electron chi connectivity index (χ3n) is 6.83. The molecule has 0 amide bonds. The SMILES string of the molecule is Cc1cc(=N)n(C(=NC2CC(C)(C)NC(C)(C)C2)N(CCCN2CCOCC2)Cc2cccnc2)s1. The van der Waals surface area contributed by atoms with E-state index in [9.17, 15) is 0 Å². The van der Waals surface area contributed by atoms with Gasteiger partial charge in [-0.1, -0.05) is 17.6 Å². The van der Waals surface area contributed by atoms with Gasteiger partial charge in [-0.25, -0.2) is 8.95 Å². The lowest BCUT2D eigenvalue weighted by Gasteiger charge is -2.45. The Labute approximate surface area is 220 Å². The van der Waals surface area contributed by atoms with Crippen LogP contribution in [0, 0.1) is 12.3 Å². The van der Waals surface area contributed by atoms with Crippen molar-refractivity contribution in [3.8, 4) is 0 Å². The predicted octanol–water partition coefficient (Wildman–Crippen LogP) is 3.47. The van der Waals surface area contributed by atoms with Crippen LogP contribution in [0.3, 0.4) is 0 Å². The molecule has 4 rings (SSSR count). The van der Waals surface area contributed by atoms with E-state index in [0.717, 1.165) is 81.6 Å². The minimum absolute atomic E-state index is 0.00532. The Balaban J connectivity index is 1.66. The summed E-state index contributed by atoms with van der Waals surface area (Å²) in [5, 5.41) is 12.5.